The molecule has 0 saturated carbocycles. The minimum Gasteiger partial charge on any atom is -0.369 e. The molecular weight excluding hydrogens is 270 g/mol. The highest BCUT2D eigenvalue weighted by molar-refractivity contribution is 5.98. The molecular formula is C14H21N5O2. The number of carbonyl (C=O) groups excluding carboxylic acids is 2. The number of hydrogen-bond acceptors (Lipinski definition) is 5. The van der Waals surface area contributed by atoms with Crippen LogP contribution in [-0.2, 0) is 4.79 Å². The maximum absolute atomic E-state index is 12.5. The number of piperazine rings is 1. The number of hydrogen-bond donors (Lipinski definition) is 2. The number of nitrogens with one attached hydrogen (secondary N) is 2. The molecule has 7 heteroatoms. The second kappa shape index (κ2) is 6.07. The third-order valence-electron chi connectivity index (χ3n) is 3.52. The summed E-state index contributed by atoms with van der Waals surface area (Å²) in [6.07, 6.45) is 3.97. The molecule has 2 amide bonds. The lowest BCUT2D eigenvalue weighted by atomic mass is 9.98. The number of aromatic nitrogens is 2. The van der Waals surface area contributed by atoms with E-state index in [0.717, 1.165) is 13.0 Å². The summed E-state index contributed by atoms with van der Waals surface area (Å²) in [6, 6.07) is 0. The van der Waals surface area contributed by atoms with Crippen molar-refractivity contribution in [3.63, 3.8) is 0 Å². The fourth-order valence-electron chi connectivity index (χ4n) is 2.18. The molecule has 0 unspecified atom stereocenters. The largest absolute Gasteiger partial charge is 0.369 e. The number of carbonyl (C=O) groups is 2. The summed E-state index contributed by atoms with van der Waals surface area (Å²) in [6.45, 7) is 7.24. The summed E-state index contributed by atoms with van der Waals surface area (Å²) < 4.78 is 0. The molecule has 0 aromatic carbocycles. The minimum atomic E-state index is -0.879. The van der Waals surface area contributed by atoms with Crippen molar-refractivity contribution in [1.82, 2.24) is 20.2 Å². The van der Waals surface area contributed by atoms with Crippen molar-refractivity contribution in [1.29, 1.82) is 0 Å². The van der Waals surface area contributed by atoms with Crippen molar-refractivity contribution in [2.45, 2.75) is 32.7 Å². The Labute approximate surface area is 124 Å². The summed E-state index contributed by atoms with van der Waals surface area (Å²) in [7, 11) is 0. The van der Waals surface area contributed by atoms with Gasteiger partial charge in [0.1, 0.15) is 17.1 Å². The van der Waals surface area contributed by atoms with Crippen LogP contribution in [0.5, 0.6) is 0 Å². The zero-order valence-corrected chi connectivity index (χ0v) is 12.6. The molecule has 2 rings (SSSR count). The van der Waals surface area contributed by atoms with Gasteiger partial charge in [-0.25, -0.2) is 9.97 Å². The maximum atomic E-state index is 12.5. The van der Waals surface area contributed by atoms with Crippen molar-refractivity contribution < 1.29 is 9.59 Å². The lowest BCUT2D eigenvalue weighted by Gasteiger charge is -2.40. The lowest BCUT2D eigenvalue weighted by Crippen LogP contribution is -2.63. The van der Waals surface area contributed by atoms with Gasteiger partial charge in [-0.3, -0.25) is 9.59 Å². The molecule has 1 aliphatic rings. The number of anilines is 1. The van der Waals surface area contributed by atoms with Crippen LogP contribution in [0.1, 0.15) is 37.7 Å². The van der Waals surface area contributed by atoms with Crippen LogP contribution in [0, 0.1) is 0 Å². The van der Waals surface area contributed by atoms with Gasteiger partial charge in [-0.15, -0.1) is 0 Å². The van der Waals surface area contributed by atoms with Crippen molar-refractivity contribution >= 4 is 17.6 Å². The van der Waals surface area contributed by atoms with Gasteiger partial charge in [0, 0.05) is 19.6 Å². The second-order valence-corrected chi connectivity index (χ2v) is 5.49. The average molecular weight is 291 g/mol. The van der Waals surface area contributed by atoms with Crippen molar-refractivity contribution in [3.8, 4) is 0 Å². The third kappa shape index (κ3) is 3.12. The quantitative estimate of drug-likeness (QED) is 0.850. The van der Waals surface area contributed by atoms with Gasteiger partial charge in [0.2, 0.25) is 5.91 Å². The zero-order valence-electron chi connectivity index (χ0n) is 12.6. The van der Waals surface area contributed by atoms with Crippen LogP contribution in [0.2, 0.25) is 0 Å². The third-order valence-corrected chi connectivity index (χ3v) is 3.52. The van der Waals surface area contributed by atoms with Crippen LogP contribution in [0.4, 0.5) is 5.82 Å². The van der Waals surface area contributed by atoms with E-state index in [4.69, 9.17) is 0 Å². The molecule has 2 heterocycles. The first-order chi connectivity index (χ1) is 9.96. The summed E-state index contributed by atoms with van der Waals surface area (Å²) in [5.74, 6) is 0.213. The van der Waals surface area contributed by atoms with Crippen LogP contribution in [-0.4, -0.2) is 51.9 Å². The van der Waals surface area contributed by atoms with E-state index < -0.39 is 5.54 Å². The van der Waals surface area contributed by atoms with Gasteiger partial charge in [0.25, 0.3) is 5.91 Å². The Morgan fingerprint density at radius 1 is 1.43 bits per heavy atom. The molecule has 0 radical (unpaired) electrons. The van der Waals surface area contributed by atoms with Gasteiger partial charge in [0.05, 0.1) is 12.4 Å². The highest BCUT2D eigenvalue weighted by atomic mass is 16.2. The van der Waals surface area contributed by atoms with E-state index in [-0.39, 0.29) is 17.5 Å². The van der Waals surface area contributed by atoms with Crippen molar-refractivity contribution in [3.05, 3.63) is 18.1 Å². The summed E-state index contributed by atoms with van der Waals surface area (Å²) in [5, 5.41) is 5.86. The highest BCUT2D eigenvalue weighted by Crippen LogP contribution is 2.20. The fourth-order valence-corrected chi connectivity index (χ4v) is 2.18. The fraction of sp³-hybridized carbons (Fsp3) is 0.571. The molecule has 1 aromatic rings. The molecule has 7 nitrogen and oxygen atoms in total. The van der Waals surface area contributed by atoms with Crippen LogP contribution in [0.15, 0.2) is 12.4 Å². The molecule has 1 saturated heterocycles. The smallest absolute Gasteiger partial charge is 0.274 e. The first-order valence-corrected chi connectivity index (χ1v) is 7.13. The van der Waals surface area contributed by atoms with Crippen LogP contribution >= 0.6 is 0 Å². The van der Waals surface area contributed by atoms with Crippen LogP contribution in [0.3, 0.4) is 0 Å². The van der Waals surface area contributed by atoms with Crippen molar-refractivity contribution in [2.75, 3.05) is 25.0 Å². The number of nitrogens with zero attached hydrogens (tertiary/aromatic N) is 3. The molecule has 0 atom stereocenters. The molecule has 1 aliphatic heterocycles. The molecule has 0 spiro atoms. The normalized spacial score (nSPS) is 17.3. The predicted molar refractivity (Wildman–Crippen MR) is 78.9 cm³/mol. The van der Waals surface area contributed by atoms with E-state index in [1.165, 1.54) is 11.1 Å². The Morgan fingerprint density at radius 3 is 2.81 bits per heavy atom. The van der Waals surface area contributed by atoms with Gasteiger partial charge in [0.15, 0.2) is 0 Å². The van der Waals surface area contributed by atoms with Gasteiger partial charge in [-0.1, -0.05) is 6.92 Å². The minimum absolute atomic E-state index is 0.156. The van der Waals surface area contributed by atoms with Crippen LogP contribution < -0.4 is 10.6 Å². The van der Waals surface area contributed by atoms with E-state index >= 15 is 0 Å². The van der Waals surface area contributed by atoms with E-state index in [0.29, 0.717) is 18.9 Å². The van der Waals surface area contributed by atoms with Gasteiger partial charge < -0.3 is 15.5 Å². The van der Waals surface area contributed by atoms with E-state index in [1.54, 1.807) is 20.0 Å². The molecule has 0 aliphatic carbocycles. The maximum Gasteiger partial charge on any atom is 0.274 e. The van der Waals surface area contributed by atoms with E-state index in [1.807, 2.05) is 0 Å². The standard InChI is InChI=1S/C14H21N5O2/c1-4-5-15-11-9-17-10(8-18-11)12(20)19-7-6-16-13(21)14(19,2)3/h8-9H,4-7H2,1-3H3,(H,15,18)(H,16,21). The Hall–Kier alpha value is -2.18. The summed E-state index contributed by atoms with van der Waals surface area (Å²) >= 11 is 0. The topological polar surface area (TPSA) is 87.2 Å². The Balaban J connectivity index is 2.14. The number of amides is 2. The Bertz CT molecular complexity index is 527. The van der Waals surface area contributed by atoms with E-state index in [9.17, 15) is 9.59 Å². The second-order valence-electron chi connectivity index (χ2n) is 5.49. The van der Waals surface area contributed by atoms with Crippen molar-refractivity contribution in [2.24, 2.45) is 0 Å². The predicted octanol–water partition coefficient (Wildman–Crippen LogP) is 0.649. The molecule has 1 fully saturated rings. The monoisotopic (exact) mass is 291 g/mol. The molecule has 0 bridgehead atoms. The zero-order chi connectivity index (χ0) is 15.5. The summed E-state index contributed by atoms with van der Waals surface area (Å²) in [4.78, 5) is 34.3. The van der Waals surface area contributed by atoms with Gasteiger partial charge in [-0.2, -0.15) is 0 Å². The summed E-state index contributed by atoms with van der Waals surface area (Å²) in [5.41, 5.74) is -0.629. The average Bonchev–Trinajstić information content (AvgIpc) is 2.48. The first-order valence-electron chi connectivity index (χ1n) is 7.13. The molecule has 21 heavy (non-hydrogen) atoms. The lowest BCUT2D eigenvalue weighted by molar-refractivity contribution is -0.133. The SMILES string of the molecule is CCCNc1cnc(C(=O)N2CCNC(=O)C2(C)C)cn1. The highest BCUT2D eigenvalue weighted by Gasteiger charge is 2.41. The number of rotatable bonds is 4. The van der Waals surface area contributed by atoms with Crippen LogP contribution in [0.25, 0.3) is 0 Å². The first kappa shape index (κ1) is 15.2. The Kier molecular flexibility index (Phi) is 4.40. The Morgan fingerprint density at radius 2 is 2.19 bits per heavy atom. The van der Waals surface area contributed by atoms with Gasteiger partial charge >= 0.3 is 0 Å². The molecule has 114 valence electrons. The van der Waals surface area contributed by atoms with E-state index in [2.05, 4.69) is 27.5 Å². The molecule has 2 N–H and O–H groups in total. The van der Waals surface area contributed by atoms with Gasteiger partial charge in [-0.05, 0) is 20.3 Å². The molecule has 1 aromatic heterocycles.